The summed E-state index contributed by atoms with van der Waals surface area (Å²) >= 11 is 0. The Kier molecular flexibility index (Phi) is 5.15. The van der Waals surface area contributed by atoms with E-state index in [0.717, 1.165) is 0 Å². The van der Waals surface area contributed by atoms with Gasteiger partial charge >= 0.3 is 12.4 Å². The second-order valence-electron chi connectivity index (χ2n) is 6.91. The molecule has 150 valence electrons. The highest BCUT2D eigenvalue weighted by Gasteiger charge is 2.41. The molecule has 3 atom stereocenters. The van der Waals surface area contributed by atoms with Gasteiger partial charge in [0.1, 0.15) is 0 Å². The topological polar surface area (TPSA) is 41.6 Å². The molecule has 1 amide bonds. The molecule has 2 aliphatic heterocycles. The van der Waals surface area contributed by atoms with E-state index in [1.54, 1.807) is 0 Å². The smallest absolute Gasteiger partial charge is 0.376 e. The predicted octanol–water partition coefficient (Wildman–Crippen LogP) is 3.32. The number of alkyl halides is 6. The Morgan fingerprint density at radius 1 is 1.15 bits per heavy atom. The summed E-state index contributed by atoms with van der Waals surface area (Å²) in [4.78, 5) is 14.5. The fourth-order valence-corrected chi connectivity index (χ4v) is 3.56. The van der Waals surface area contributed by atoms with Crippen LogP contribution in [0.2, 0.25) is 0 Å². The number of amides is 1. The van der Waals surface area contributed by atoms with Crippen LogP contribution in [-0.2, 0) is 17.1 Å². The first-order chi connectivity index (χ1) is 12.4. The molecular weight excluding hydrogens is 378 g/mol. The van der Waals surface area contributed by atoms with E-state index >= 15 is 0 Å². The van der Waals surface area contributed by atoms with Crippen LogP contribution >= 0.6 is 0 Å². The van der Waals surface area contributed by atoms with Crippen molar-refractivity contribution >= 4 is 5.91 Å². The molecule has 0 aliphatic carbocycles. The molecule has 3 rings (SSSR count). The third-order valence-corrected chi connectivity index (χ3v) is 4.82. The lowest BCUT2D eigenvalue weighted by molar-refractivity contribution is -0.143. The average Bonchev–Trinajstić information content (AvgIpc) is 2.93. The lowest BCUT2D eigenvalue weighted by Crippen LogP contribution is -2.45. The molecule has 0 unspecified atom stereocenters. The maximum absolute atomic E-state index is 13.2. The Bertz CT molecular complexity index is 718. The maximum Gasteiger partial charge on any atom is 0.417 e. The van der Waals surface area contributed by atoms with E-state index in [0.29, 0.717) is 38.2 Å². The molecule has 2 saturated heterocycles. The number of benzene rings is 1. The van der Waals surface area contributed by atoms with Gasteiger partial charge < -0.3 is 10.1 Å². The monoisotopic (exact) mass is 396 g/mol. The molecule has 1 aromatic rings. The summed E-state index contributed by atoms with van der Waals surface area (Å²) in [5, 5.41) is 2.52. The average molecular weight is 396 g/mol. The molecule has 0 spiro atoms. The molecule has 2 heterocycles. The zero-order valence-corrected chi connectivity index (χ0v) is 14.3. The van der Waals surface area contributed by atoms with Crippen molar-refractivity contribution in [3.8, 4) is 0 Å². The van der Waals surface area contributed by atoms with Crippen LogP contribution in [0.15, 0.2) is 18.2 Å². The Balaban J connectivity index is 1.78. The largest absolute Gasteiger partial charge is 0.417 e. The number of rotatable bonds is 2. The minimum atomic E-state index is -5.08. The van der Waals surface area contributed by atoms with Crippen LogP contribution in [0.4, 0.5) is 26.3 Å². The lowest BCUT2D eigenvalue weighted by atomic mass is 10.0. The quantitative estimate of drug-likeness (QED) is 0.780. The first-order valence-electron chi connectivity index (χ1n) is 8.40. The highest BCUT2D eigenvalue weighted by Crippen LogP contribution is 2.37. The molecule has 0 aromatic heterocycles. The van der Waals surface area contributed by atoms with Gasteiger partial charge in [0, 0.05) is 25.2 Å². The van der Waals surface area contributed by atoms with Crippen molar-refractivity contribution in [3.05, 3.63) is 34.9 Å². The zero-order chi connectivity index (χ0) is 20.0. The number of morpholine rings is 1. The van der Waals surface area contributed by atoms with Crippen LogP contribution in [0.5, 0.6) is 0 Å². The highest BCUT2D eigenvalue weighted by atomic mass is 19.4. The summed E-state index contributed by atoms with van der Waals surface area (Å²) in [6.45, 7) is 3.50. The summed E-state index contributed by atoms with van der Waals surface area (Å²) < 4.78 is 83.3. The summed E-state index contributed by atoms with van der Waals surface area (Å²) in [6.07, 6.45) is -9.47. The number of nitrogens with one attached hydrogen (secondary N) is 1. The molecule has 1 N–H and O–H groups in total. The first-order valence-corrected chi connectivity index (χ1v) is 8.40. The van der Waals surface area contributed by atoms with Crippen LogP contribution in [0.3, 0.4) is 0 Å². The van der Waals surface area contributed by atoms with E-state index in [4.69, 9.17) is 4.74 Å². The maximum atomic E-state index is 13.2. The van der Waals surface area contributed by atoms with Crippen molar-refractivity contribution in [3.63, 3.8) is 0 Å². The van der Waals surface area contributed by atoms with Crippen LogP contribution in [0.25, 0.3) is 0 Å². The number of ether oxygens (including phenoxy) is 1. The number of nitrogens with zero attached hydrogens (tertiary/aromatic N) is 1. The highest BCUT2D eigenvalue weighted by molar-refractivity contribution is 5.96. The second-order valence-corrected chi connectivity index (χ2v) is 6.91. The third kappa shape index (κ3) is 4.37. The van der Waals surface area contributed by atoms with E-state index in [1.807, 2.05) is 6.92 Å². The Morgan fingerprint density at radius 3 is 2.48 bits per heavy atom. The molecule has 0 radical (unpaired) electrons. The summed E-state index contributed by atoms with van der Waals surface area (Å²) in [6, 6.07) is 0.718. The van der Waals surface area contributed by atoms with E-state index in [2.05, 4.69) is 10.2 Å². The van der Waals surface area contributed by atoms with Crippen LogP contribution in [-0.4, -0.2) is 48.7 Å². The van der Waals surface area contributed by atoms with Gasteiger partial charge in [-0.15, -0.1) is 0 Å². The number of halogens is 6. The van der Waals surface area contributed by atoms with E-state index in [9.17, 15) is 31.1 Å². The van der Waals surface area contributed by atoms with Crippen LogP contribution in [0.1, 0.15) is 34.8 Å². The molecule has 27 heavy (non-hydrogen) atoms. The standard InChI is InChI=1S/C17H18F6N2O2/c1-9-6-25-7-11(5-12(25)8-27-9)24-15(26)13-3-2-10(16(18,19)20)4-14(13)17(21,22)23/h2-4,9,11-12H,5-8H2,1H3,(H,24,26)/t9-,11+,12-/m0/s1. The molecular formula is C17H18F6N2O2. The van der Waals surface area contributed by atoms with Crippen molar-refractivity contribution in [2.24, 2.45) is 0 Å². The number of hydrogen-bond donors (Lipinski definition) is 1. The van der Waals surface area contributed by atoms with Gasteiger partial charge in [0.2, 0.25) is 0 Å². The molecule has 2 aliphatic rings. The fraction of sp³-hybridized carbons (Fsp3) is 0.588. The molecule has 10 heteroatoms. The zero-order valence-electron chi connectivity index (χ0n) is 14.3. The Morgan fingerprint density at radius 2 is 1.85 bits per heavy atom. The predicted molar refractivity (Wildman–Crippen MR) is 83.1 cm³/mol. The normalized spacial score (nSPS) is 26.7. The first kappa shape index (κ1) is 19.9. The Hall–Kier alpha value is -1.81. The molecule has 0 saturated carbocycles. The van der Waals surface area contributed by atoms with Gasteiger partial charge in [-0.05, 0) is 31.5 Å². The second kappa shape index (κ2) is 6.97. The van der Waals surface area contributed by atoms with Gasteiger partial charge in [-0.2, -0.15) is 26.3 Å². The molecule has 4 nitrogen and oxygen atoms in total. The summed E-state index contributed by atoms with van der Waals surface area (Å²) in [7, 11) is 0. The van der Waals surface area contributed by atoms with Crippen LogP contribution in [0, 0.1) is 0 Å². The SMILES string of the molecule is C[C@H]1CN2C[C@H](NC(=O)c3ccc(C(F)(F)F)cc3C(F)(F)F)C[C@H]2CO1. The van der Waals surface area contributed by atoms with Gasteiger partial charge in [0.15, 0.2) is 0 Å². The van der Waals surface area contributed by atoms with Crippen LogP contribution < -0.4 is 5.32 Å². The van der Waals surface area contributed by atoms with Gasteiger partial charge in [0.25, 0.3) is 5.91 Å². The third-order valence-electron chi connectivity index (χ3n) is 4.82. The number of carbonyl (C=O) groups excluding carboxylic acids is 1. The van der Waals surface area contributed by atoms with E-state index in [1.165, 1.54) is 0 Å². The van der Waals surface area contributed by atoms with Crippen molar-refractivity contribution in [1.29, 1.82) is 0 Å². The molecule has 2 fully saturated rings. The van der Waals surface area contributed by atoms with Crippen molar-refractivity contribution in [2.75, 3.05) is 19.7 Å². The minimum Gasteiger partial charge on any atom is -0.376 e. The number of carbonyl (C=O) groups is 1. The van der Waals surface area contributed by atoms with E-state index < -0.39 is 35.0 Å². The molecule has 1 aromatic carbocycles. The summed E-state index contributed by atoms with van der Waals surface area (Å²) in [5.41, 5.74) is -3.86. The van der Waals surface area contributed by atoms with Crippen molar-refractivity contribution in [1.82, 2.24) is 10.2 Å². The minimum absolute atomic E-state index is 0.0254. The van der Waals surface area contributed by atoms with Gasteiger partial charge in [0.05, 0.1) is 29.4 Å². The molecule has 0 bridgehead atoms. The van der Waals surface area contributed by atoms with Gasteiger partial charge in [-0.25, -0.2) is 0 Å². The number of hydrogen-bond acceptors (Lipinski definition) is 3. The van der Waals surface area contributed by atoms with E-state index in [-0.39, 0.29) is 24.3 Å². The van der Waals surface area contributed by atoms with Gasteiger partial charge in [-0.1, -0.05) is 0 Å². The number of fused-ring (bicyclic) bond motifs is 1. The van der Waals surface area contributed by atoms with Crippen molar-refractivity contribution in [2.45, 2.75) is 43.9 Å². The van der Waals surface area contributed by atoms with Gasteiger partial charge in [-0.3, -0.25) is 9.69 Å². The fourth-order valence-electron chi connectivity index (χ4n) is 3.56. The lowest BCUT2D eigenvalue weighted by Gasteiger charge is -2.33. The Labute approximate surface area is 151 Å². The summed E-state index contributed by atoms with van der Waals surface area (Å²) in [5.74, 6) is -1.03. The van der Waals surface area contributed by atoms with Crippen molar-refractivity contribution < 1.29 is 35.9 Å².